The van der Waals surface area contributed by atoms with Crippen molar-refractivity contribution in [2.45, 2.75) is 0 Å². The van der Waals surface area contributed by atoms with Crippen LogP contribution >= 0.6 is 11.6 Å². The van der Waals surface area contributed by atoms with Gasteiger partial charge >= 0.3 is 0 Å². The lowest BCUT2D eigenvalue weighted by Gasteiger charge is -2.36. The van der Waals surface area contributed by atoms with Crippen LogP contribution in [-0.2, 0) is 4.74 Å². The molecule has 1 aromatic carbocycles. The summed E-state index contributed by atoms with van der Waals surface area (Å²) in [5, 5.41) is 3.95. The Balaban J connectivity index is 1.69. The highest BCUT2D eigenvalue weighted by atomic mass is 35.5. The van der Waals surface area contributed by atoms with E-state index in [4.69, 9.17) is 21.1 Å². The van der Waals surface area contributed by atoms with Gasteiger partial charge in [0, 0.05) is 63.6 Å². The third kappa shape index (κ3) is 6.69. The summed E-state index contributed by atoms with van der Waals surface area (Å²) in [5.41, 5.74) is 1.25. The summed E-state index contributed by atoms with van der Waals surface area (Å²) in [6, 6.07) is 8.32. The van der Waals surface area contributed by atoms with Gasteiger partial charge in [-0.25, -0.2) is 0 Å². The zero-order valence-corrected chi connectivity index (χ0v) is 15.2. The van der Waals surface area contributed by atoms with Crippen molar-refractivity contribution in [1.82, 2.24) is 10.2 Å². The number of rotatable bonds is 10. The Morgan fingerprint density at radius 1 is 1.17 bits per heavy atom. The molecule has 0 radical (unpaired) electrons. The van der Waals surface area contributed by atoms with Crippen molar-refractivity contribution in [2.75, 3.05) is 71.0 Å². The van der Waals surface area contributed by atoms with E-state index in [0.29, 0.717) is 24.8 Å². The van der Waals surface area contributed by atoms with Gasteiger partial charge in [-0.05, 0) is 24.3 Å². The molecule has 24 heavy (non-hydrogen) atoms. The molecule has 1 aliphatic rings. The van der Waals surface area contributed by atoms with Crippen LogP contribution in [0.2, 0.25) is 0 Å². The second-order valence-electron chi connectivity index (χ2n) is 5.86. The smallest absolute Gasteiger partial charge is 0.119 e. The van der Waals surface area contributed by atoms with Crippen LogP contribution in [-0.4, -0.2) is 71.0 Å². The Labute approximate surface area is 150 Å². The molecule has 0 bridgehead atoms. The third-order valence-electron chi connectivity index (χ3n) is 4.05. The molecule has 0 amide bonds. The van der Waals surface area contributed by atoms with E-state index in [1.165, 1.54) is 5.69 Å². The maximum absolute atomic E-state index is 5.74. The SMILES string of the molecule is C=C(Cl)CNCCN1CCN(c2ccc(OCCOC)cc2)CC1. The van der Waals surface area contributed by atoms with Crippen LogP contribution in [0, 0.1) is 0 Å². The zero-order valence-electron chi connectivity index (χ0n) is 14.5. The Hall–Kier alpha value is -1.27. The molecule has 0 atom stereocenters. The van der Waals surface area contributed by atoms with Gasteiger partial charge in [-0.15, -0.1) is 0 Å². The minimum absolute atomic E-state index is 0.583. The van der Waals surface area contributed by atoms with Crippen LogP contribution in [0.15, 0.2) is 35.9 Å². The van der Waals surface area contributed by atoms with E-state index < -0.39 is 0 Å². The molecule has 1 N–H and O–H groups in total. The van der Waals surface area contributed by atoms with Crippen molar-refractivity contribution < 1.29 is 9.47 Å². The van der Waals surface area contributed by atoms with Crippen molar-refractivity contribution >= 4 is 17.3 Å². The van der Waals surface area contributed by atoms with Crippen molar-refractivity contribution in [3.63, 3.8) is 0 Å². The molecular formula is C18H28ClN3O2. The first kappa shape index (κ1) is 19.1. The minimum Gasteiger partial charge on any atom is -0.491 e. The molecule has 1 aromatic rings. The molecule has 1 aliphatic heterocycles. The second-order valence-corrected chi connectivity index (χ2v) is 6.39. The maximum atomic E-state index is 5.74. The molecular weight excluding hydrogens is 326 g/mol. The van der Waals surface area contributed by atoms with E-state index in [-0.39, 0.29) is 0 Å². The number of nitrogens with one attached hydrogen (secondary N) is 1. The predicted molar refractivity (Wildman–Crippen MR) is 100 cm³/mol. The summed E-state index contributed by atoms with van der Waals surface area (Å²) >= 11 is 5.74. The predicted octanol–water partition coefficient (Wildman–Crippen LogP) is 2.18. The second kappa shape index (κ2) is 10.6. The number of anilines is 1. The van der Waals surface area contributed by atoms with Gasteiger partial charge in [-0.3, -0.25) is 4.90 Å². The van der Waals surface area contributed by atoms with Gasteiger partial charge in [0.25, 0.3) is 0 Å². The van der Waals surface area contributed by atoms with Crippen LogP contribution in [0.1, 0.15) is 0 Å². The highest BCUT2D eigenvalue weighted by Gasteiger charge is 2.16. The van der Waals surface area contributed by atoms with Crippen LogP contribution in [0.5, 0.6) is 5.75 Å². The largest absolute Gasteiger partial charge is 0.491 e. The maximum Gasteiger partial charge on any atom is 0.119 e. The summed E-state index contributed by atoms with van der Waals surface area (Å²) < 4.78 is 10.6. The minimum atomic E-state index is 0.583. The van der Waals surface area contributed by atoms with Gasteiger partial charge in [-0.1, -0.05) is 18.2 Å². The first-order valence-corrected chi connectivity index (χ1v) is 8.80. The van der Waals surface area contributed by atoms with Crippen molar-refractivity contribution in [3.05, 3.63) is 35.9 Å². The number of benzene rings is 1. The molecule has 0 aromatic heterocycles. The van der Waals surface area contributed by atoms with E-state index in [1.54, 1.807) is 7.11 Å². The number of ether oxygens (including phenoxy) is 2. The Kier molecular flexibility index (Phi) is 8.39. The third-order valence-corrected chi connectivity index (χ3v) is 4.19. The number of halogens is 1. The van der Waals surface area contributed by atoms with E-state index in [0.717, 1.165) is 45.0 Å². The van der Waals surface area contributed by atoms with Gasteiger partial charge in [0.15, 0.2) is 0 Å². The summed E-state index contributed by atoms with van der Waals surface area (Å²) in [7, 11) is 1.68. The molecule has 1 heterocycles. The van der Waals surface area contributed by atoms with Gasteiger partial charge < -0.3 is 19.7 Å². The molecule has 0 saturated carbocycles. The lowest BCUT2D eigenvalue weighted by atomic mass is 10.2. The molecule has 6 heteroatoms. The molecule has 1 saturated heterocycles. The lowest BCUT2D eigenvalue weighted by Crippen LogP contribution is -2.48. The fraction of sp³-hybridized carbons (Fsp3) is 0.556. The van der Waals surface area contributed by atoms with Crippen LogP contribution in [0.4, 0.5) is 5.69 Å². The summed E-state index contributed by atoms with van der Waals surface area (Å²) in [5.74, 6) is 0.890. The molecule has 0 spiro atoms. The first-order chi connectivity index (χ1) is 11.7. The number of methoxy groups -OCH3 is 1. The van der Waals surface area contributed by atoms with Gasteiger partial charge in [0.05, 0.1) is 6.61 Å². The molecule has 2 rings (SSSR count). The van der Waals surface area contributed by atoms with E-state index in [1.807, 2.05) is 12.1 Å². The molecule has 0 aliphatic carbocycles. The Morgan fingerprint density at radius 2 is 1.88 bits per heavy atom. The number of hydrogen-bond acceptors (Lipinski definition) is 5. The van der Waals surface area contributed by atoms with Crippen LogP contribution in [0.3, 0.4) is 0 Å². The molecule has 1 fully saturated rings. The fourth-order valence-electron chi connectivity index (χ4n) is 2.69. The van der Waals surface area contributed by atoms with Gasteiger partial charge in [0.1, 0.15) is 12.4 Å². The Morgan fingerprint density at radius 3 is 2.50 bits per heavy atom. The zero-order chi connectivity index (χ0) is 17.2. The average Bonchev–Trinajstić information content (AvgIpc) is 2.60. The highest BCUT2D eigenvalue weighted by molar-refractivity contribution is 6.29. The molecule has 0 unspecified atom stereocenters. The topological polar surface area (TPSA) is 37.0 Å². The van der Waals surface area contributed by atoms with Crippen molar-refractivity contribution in [3.8, 4) is 5.75 Å². The van der Waals surface area contributed by atoms with Crippen LogP contribution < -0.4 is 15.0 Å². The summed E-state index contributed by atoms with van der Waals surface area (Å²) in [6.07, 6.45) is 0. The fourth-order valence-corrected chi connectivity index (χ4v) is 2.78. The monoisotopic (exact) mass is 353 g/mol. The highest BCUT2D eigenvalue weighted by Crippen LogP contribution is 2.20. The van der Waals surface area contributed by atoms with Gasteiger partial charge in [0.2, 0.25) is 0 Å². The normalized spacial score (nSPS) is 15.5. The van der Waals surface area contributed by atoms with Crippen LogP contribution in [0.25, 0.3) is 0 Å². The lowest BCUT2D eigenvalue weighted by molar-refractivity contribution is 0.146. The molecule has 5 nitrogen and oxygen atoms in total. The van der Waals surface area contributed by atoms with Gasteiger partial charge in [-0.2, -0.15) is 0 Å². The summed E-state index contributed by atoms with van der Waals surface area (Å²) in [6.45, 7) is 11.8. The average molecular weight is 354 g/mol. The van der Waals surface area contributed by atoms with Crippen molar-refractivity contribution in [2.24, 2.45) is 0 Å². The van der Waals surface area contributed by atoms with E-state index in [9.17, 15) is 0 Å². The number of nitrogens with zero attached hydrogens (tertiary/aromatic N) is 2. The number of hydrogen-bond donors (Lipinski definition) is 1. The summed E-state index contributed by atoms with van der Waals surface area (Å²) in [4.78, 5) is 4.90. The number of piperazine rings is 1. The standard InChI is InChI=1S/C18H28ClN3O2/c1-16(19)15-20-7-8-21-9-11-22(12-10-21)17-3-5-18(6-4-17)24-14-13-23-2/h3-6,20H,1,7-15H2,2H3. The molecule has 134 valence electrons. The van der Waals surface area contributed by atoms with E-state index in [2.05, 4.69) is 33.8 Å². The Bertz CT molecular complexity index is 488. The van der Waals surface area contributed by atoms with E-state index >= 15 is 0 Å². The first-order valence-electron chi connectivity index (χ1n) is 8.42. The van der Waals surface area contributed by atoms with Crippen molar-refractivity contribution in [1.29, 1.82) is 0 Å². The quantitative estimate of drug-likeness (QED) is 0.652.